The molecule has 0 bridgehead atoms. The van der Waals surface area contributed by atoms with Crippen molar-refractivity contribution in [1.82, 2.24) is 20.1 Å². The number of nitrogens with one attached hydrogen (secondary N) is 1. The lowest BCUT2D eigenvalue weighted by Crippen LogP contribution is -2.25. The Morgan fingerprint density at radius 2 is 2.17 bits per heavy atom. The van der Waals surface area contributed by atoms with Crippen molar-refractivity contribution < 1.29 is 22.4 Å². The third-order valence-corrected chi connectivity index (χ3v) is 4.82. The second kappa shape index (κ2) is 4.35. The summed E-state index contributed by atoms with van der Waals surface area (Å²) in [7, 11) is 0. The van der Waals surface area contributed by atoms with Crippen LogP contribution in [0.25, 0.3) is 22.5 Å². The normalized spacial score (nSPS) is 28.0. The zero-order valence-electron chi connectivity index (χ0n) is 12.2. The number of H-pyrrole nitrogens is 1. The fourth-order valence-corrected chi connectivity index (χ4v) is 3.58. The number of alkyl halides is 2. The topological polar surface area (TPSA) is 76.8 Å². The summed E-state index contributed by atoms with van der Waals surface area (Å²) in [6.45, 7) is 0.208. The first-order valence-electron chi connectivity index (χ1n) is 7.53. The van der Waals surface area contributed by atoms with Crippen molar-refractivity contribution in [3.63, 3.8) is 0 Å². The van der Waals surface area contributed by atoms with Gasteiger partial charge in [-0.3, -0.25) is 0 Å². The standard InChI is InChI=1S/C15H11F3N4O2/c16-7-3-4-8-11(20-6-19-8)10(7)12-21-13(22-24-12)14-9(15(14,17)18)2-1-5-23-14/h3-4,6,9H,1-2,5H2,(H,19,20). The van der Waals surface area contributed by atoms with Gasteiger partial charge in [-0.15, -0.1) is 0 Å². The van der Waals surface area contributed by atoms with Crippen LogP contribution in [0.5, 0.6) is 0 Å². The maximum absolute atomic E-state index is 14.2. The van der Waals surface area contributed by atoms with Crippen LogP contribution in [-0.4, -0.2) is 32.6 Å². The van der Waals surface area contributed by atoms with Crippen LogP contribution in [0.3, 0.4) is 0 Å². The Labute approximate surface area is 133 Å². The fourth-order valence-electron chi connectivity index (χ4n) is 3.58. The van der Waals surface area contributed by atoms with Gasteiger partial charge in [0.25, 0.3) is 11.8 Å². The molecule has 2 unspecified atom stereocenters. The van der Waals surface area contributed by atoms with Crippen LogP contribution in [0.15, 0.2) is 23.0 Å². The number of aromatic nitrogens is 4. The van der Waals surface area contributed by atoms with Crippen molar-refractivity contribution in [3.8, 4) is 11.5 Å². The lowest BCUT2D eigenvalue weighted by molar-refractivity contribution is -0.0704. The number of imidazole rings is 1. The van der Waals surface area contributed by atoms with Gasteiger partial charge in [0.15, 0.2) is 0 Å². The summed E-state index contributed by atoms with van der Waals surface area (Å²) in [4.78, 5) is 10.9. The van der Waals surface area contributed by atoms with Crippen LogP contribution < -0.4 is 0 Å². The molecular formula is C15H11F3N4O2. The van der Waals surface area contributed by atoms with Crippen LogP contribution in [0.4, 0.5) is 13.2 Å². The van der Waals surface area contributed by atoms with Gasteiger partial charge in [-0.05, 0) is 25.0 Å². The quantitative estimate of drug-likeness (QED) is 0.778. The van der Waals surface area contributed by atoms with Crippen LogP contribution >= 0.6 is 0 Å². The van der Waals surface area contributed by atoms with Gasteiger partial charge < -0.3 is 14.2 Å². The molecule has 0 amide bonds. The Morgan fingerprint density at radius 3 is 3.00 bits per heavy atom. The number of rotatable bonds is 2. The van der Waals surface area contributed by atoms with E-state index in [0.29, 0.717) is 23.9 Å². The Hall–Kier alpha value is -2.42. The van der Waals surface area contributed by atoms with Crippen molar-refractivity contribution >= 4 is 11.0 Å². The monoisotopic (exact) mass is 336 g/mol. The lowest BCUT2D eigenvalue weighted by atomic mass is 10.1. The lowest BCUT2D eigenvalue weighted by Gasteiger charge is -2.17. The van der Waals surface area contributed by atoms with E-state index in [4.69, 9.17) is 9.26 Å². The smallest absolute Gasteiger partial charge is 0.290 e. The Balaban J connectivity index is 1.64. The first kappa shape index (κ1) is 14.0. The van der Waals surface area contributed by atoms with E-state index in [2.05, 4.69) is 20.1 Å². The van der Waals surface area contributed by atoms with Crippen LogP contribution in [-0.2, 0) is 10.3 Å². The third-order valence-electron chi connectivity index (χ3n) is 4.82. The van der Waals surface area contributed by atoms with Crippen molar-refractivity contribution in [2.24, 2.45) is 5.92 Å². The number of fused-ring (bicyclic) bond motifs is 2. The molecule has 1 N–H and O–H groups in total. The van der Waals surface area contributed by atoms with Crippen molar-refractivity contribution in [2.45, 2.75) is 24.4 Å². The predicted molar refractivity (Wildman–Crippen MR) is 74.6 cm³/mol. The summed E-state index contributed by atoms with van der Waals surface area (Å²) in [5.41, 5.74) is -0.984. The molecule has 6 nitrogen and oxygen atoms in total. The van der Waals surface area contributed by atoms with E-state index in [1.807, 2.05) is 0 Å². The summed E-state index contributed by atoms with van der Waals surface area (Å²) in [5, 5.41) is 3.66. The molecule has 3 heterocycles. The largest absolute Gasteiger partial charge is 0.360 e. The van der Waals surface area contributed by atoms with Gasteiger partial charge in [-0.2, -0.15) is 4.98 Å². The van der Waals surface area contributed by atoms with E-state index in [1.165, 1.54) is 18.5 Å². The second-order valence-corrected chi connectivity index (χ2v) is 6.05. The highest BCUT2D eigenvalue weighted by atomic mass is 19.3. The zero-order valence-corrected chi connectivity index (χ0v) is 12.2. The maximum Gasteiger partial charge on any atom is 0.290 e. The molecule has 0 spiro atoms. The van der Waals surface area contributed by atoms with E-state index in [0.717, 1.165) is 0 Å². The van der Waals surface area contributed by atoms with E-state index in [9.17, 15) is 13.2 Å². The van der Waals surface area contributed by atoms with Crippen LogP contribution in [0.2, 0.25) is 0 Å². The molecule has 5 rings (SSSR count). The summed E-state index contributed by atoms with van der Waals surface area (Å²) < 4.78 is 53.0. The highest BCUT2D eigenvalue weighted by molar-refractivity contribution is 5.89. The van der Waals surface area contributed by atoms with Crippen LogP contribution in [0.1, 0.15) is 18.7 Å². The van der Waals surface area contributed by atoms with E-state index in [1.54, 1.807) is 0 Å². The zero-order chi connectivity index (χ0) is 16.5. The van der Waals surface area contributed by atoms with Crippen molar-refractivity contribution in [3.05, 3.63) is 30.1 Å². The predicted octanol–water partition coefficient (Wildman–Crippen LogP) is 3.02. The minimum absolute atomic E-state index is 0.0137. The van der Waals surface area contributed by atoms with E-state index in [-0.39, 0.29) is 23.9 Å². The minimum atomic E-state index is -3.04. The SMILES string of the molecule is Fc1ccc2[nH]cnc2c1-c1nc(C23OCCCC2C3(F)F)no1. The number of aromatic amines is 1. The number of halogens is 3. The van der Waals surface area contributed by atoms with Gasteiger partial charge in [0.05, 0.1) is 17.8 Å². The fraction of sp³-hybridized carbons (Fsp3) is 0.400. The van der Waals surface area contributed by atoms with Gasteiger partial charge in [0.2, 0.25) is 11.4 Å². The number of benzene rings is 1. The van der Waals surface area contributed by atoms with Gasteiger partial charge in [-0.25, -0.2) is 18.2 Å². The van der Waals surface area contributed by atoms with Crippen molar-refractivity contribution in [2.75, 3.05) is 6.61 Å². The van der Waals surface area contributed by atoms with Gasteiger partial charge >= 0.3 is 0 Å². The molecule has 2 aliphatic rings. The molecule has 2 aromatic heterocycles. The number of ether oxygens (including phenoxy) is 1. The molecule has 1 aromatic carbocycles. The van der Waals surface area contributed by atoms with E-state index < -0.39 is 23.3 Å². The minimum Gasteiger partial charge on any atom is -0.360 e. The number of hydrogen-bond donors (Lipinski definition) is 1. The summed E-state index contributed by atoms with van der Waals surface area (Å²) in [6, 6.07) is 2.75. The summed E-state index contributed by atoms with van der Waals surface area (Å²) in [5.74, 6) is -5.05. The Kier molecular flexibility index (Phi) is 2.53. The van der Waals surface area contributed by atoms with Gasteiger partial charge in [0.1, 0.15) is 16.9 Å². The molecule has 1 aliphatic carbocycles. The molecule has 0 radical (unpaired) electrons. The summed E-state index contributed by atoms with van der Waals surface area (Å²) in [6.07, 6.45) is 2.30. The molecule has 2 atom stereocenters. The highest BCUT2D eigenvalue weighted by Gasteiger charge is 2.85. The first-order valence-corrected chi connectivity index (χ1v) is 7.53. The Morgan fingerprint density at radius 1 is 1.29 bits per heavy atom. The van der Waals surface area contributed by atoms with Gasteiger partial charge in [0, 0.05) is 6.61 Å². The molecule has 1 saturated heterocycles. The molecule has 9 heteroatoms. The molecule has 1 aliphatic heterocycles. The number of nitrogens with zero attached hydrogens (tertiary/aromatic N) is 3. The molecule has 3 aromatic rings. The Bertz CT molecular complexity index is 953. The third kappa shape index (κ3) is 1.52. The highest BCUT2D eigenvalue weighted by Crippen LogP contribution is 2.70. The molecular weight excluding hydrogens is 325 g/mol. The second-order valence-electron chi connectivity index (χ2n) is 6.05. The maximum atomic E-state index is 14.2. The summed E-state index contributed by atoms with van der Waals surface area (Å²) >= 11 is 0. The molecule has 2 fully saturated rings. The molecule has 24 heavy (non-hydrogen) atoms. The average Bonchev–Trinajstić information content (AvgIpc) is 3.05. The first-order chi connectivity index (χ1) is 11.6. The molecule has 124 valence electrons. The average molecular weight is 336 g/mol. The number of hydrogen-bond acceptors (Lipinski definition) is 5. The van der Waals surface area contributed by atoms with E-state index >= 15 is 0 Å². The van der Waals surface area contributed by atoms with Gasteiger partial charge in [-0.1, -0.05) is 5.16 Å². The van der Waals surface area contributed by atoms with Crippen LogP contribution in [0, 0.1) is 11.7 Å². The van der Waals surface area contributed by atoms with Crippen molar-refractivity contribution in [1.29, 1.82) is 0 Å². The molecule has 1 saturated carbocycles.